The molecule has 1 aromatic carbocycles. The number of nitrogens with one attached hydrogen (secondary N) is 1. The van der Waals surface area contributed by atoms with Crippen LogP contribution < -0.4 is 5.32 Å². The van der Waals surface area contributed by atoms with Gasteiger partial charge in [-0.2, -0.15) is 4.98 Å². The summed E-state index contributed by atoms with van der Waals surface area (Å²) < 4.78 is 31.9. The van der Waals surface area contributed by atoms with E-state index in [0.29, 0.717) is 31.6 Å². The average Bonchev–Trinajstić information content (AvgIpc) is 3.24. The molecule has 10 heteroatoms. The first kappa shape index (κ1) is 21.4. The largest absolute Gasteiger partial charge is 0.481 e. The number of carbonyl (C=O) groups excluding carboxylic acids is 1. The molecule has 2 heterocycles. The number of hydrogen-bond acceptors (Lipinski definition) is 6. The Morgan fingerprint density at radius 2 is 1.94 bits per heavy atom. The lowest BCUT2D eigenvalue weighted by Gasteiger charge is -2.42. The fraction of sp³-hybridized carbons (Fsp3) is 0.524. The summed E-state index contributed by atoms with van der Waals surface area (Å²) in [7, 11) is 0. The van der Waals surface area contributed by atoms with Crippen LogP contribution in [0.1, 0.15) is 49.1 Å². The SMILES string of the molecule is O=C(N[C@@H]1CCN(C2CCCCC2)C[C@H]1C(=O)O)c1noc(-c2ccc(F)cc2F)n1. The number of aromatic nitrogens is 2. The second-order valence-electron chi connectivity index (χ2n) is 8.15. The van der Waals surface area contributed by atoms with Crippen molar-refractivity contribution in [2.45, 2.75) is 50.6 Å². The number of carboxylic acids is 1. The number of halogens is 2. The van der Waals surface area contributed by atoms with Crippen molar-refractivity contribution in [3.8, 4) is 11.5 Å². The Morgan fingerprint density at radius 3 is 2.65 bits per heavy atom. The predicted octanol–water partition coefficient (Wildman–Crippen LogP) is 2.85. The van der Waals surface area contributed by atoms with Gasteiger partial charge in [-0.1, -0.05) is 24.4 Å². The van der Waals surface area contributed by atoms with Crippen LogP contribution in [0.4, 0.5) is 8.78 Å². The third kappa shape index (κ3) is 4.73. The zero-order chi connectivity index (χ0) is 22.0. The summed E-state index contributed by atoms with van der Waals surface area (Å²) in [5, 5.41) is 16.0. The van der Waals surface area contributed by atoms with Crippen LogP contribution in [0, 0.1) is 17.6 Å². The van der Waals surface area contributed by atoms with E-state index in [1.807, 2.05) is 0 Å². The quantitative estimate of drug-likeness (QED) is 0.745. The highest BCUT2D eigenvalue weighted by Gasteiger charge is 2.38. The summed E-state index contributed by atoms with van der Waals surface area (Å²) in [5.41, 5.74) is -0.128. The molecular formula is C21H24F2N4O4. The highest BCUT2D eigenvalue weighted by Crippen LogP contribution is 2.28. The molecule has 166 valence electrons. The van der Waals surface area contributed by atoms with E-state index in [-0.39, 0.29) is 17.3 Å². The first-order valence-corrected chi connectivity index (χ1v) is 10.5. The lowest BCUT2D eigenvalue weighted by molar-refractivity contribution is -0.145. The van der Waals surface area contributed by atoms with E-state index >= 15 is 0 Å². The van der Waals surface area contributed by atoms with Gasteiger partial charge in [0, 0.05) is 31.2 Å². The van der Waals surface area contributed by atoms with E-state index in [9.17, 15) is 23.5 Å². The van der Waals surface area contributed by atoms with Crippen molar-refractivity contribution in [2.75, 3.05) is 13.1 Å². The fourth-order valence-electron chi connectivity index (χ4n) is 4.50. The standard InChI is InChI=1S/C21H24F2N4O4/c22-12-6-7-14(16(23)10-12)20-25-18(26-31-20)19(28)24-17-8-9-27(11-15(17)21(29)30)13-4-2-1-3-5-13/h6-7,10,13,15,17H,1-5,8-9,11H2,(H,24,28)(H,29,30)/t15-,17-/m1/s1. The number of nitrogens with zero attached hydrogens (tertiary/aromatic N) is 3. The summed E-state index contributed by atoms with van der Waals surface area (Å²) in [6.45, 7) is 1.08. The molecule has 2 atom stereocenters. The first-order chi connectivity index (χ1) is 14.9. The molecule has 2 aromatic rings. The minimum atomic E-state index is -0.965. The molecule has 0 unspecified atom stereocenters. The van der Waals surface area contributed by atoms with Crippen LogP contribution >= 0.6 is 0 Å². The van der Waals surface area contributed by atoms with Crippen LogP contribution in [0.5, 0.6) is 0 Å². The average molecular weight is 434 g/mol. The Labute approximate surface area is 177 Å². The van der Waals surface area contributed by atoms with E-state index in [1.54, 1.807) is 0 Å². The highest BCUT2D eigenvalue weighted by molar-refractivity contribution is 5.91. The maximum atomic E-state index is 13.9. The Hall–Kier alpha value is -2.88. The van der Waals surface area contributed by atoms with Crippen molar-refractivity contribution < 1.29 is 28.0 Å². The van der Waals surface area contributed by atoms with E-state index in [4.69, 9.17) is 4.52 Å². The Balaban J connectivity index is 1.43. The smallest absolute Gasteiger partial charge is 0.309 e. The third-order valence-electron chi connectivity index (χ3n) is 6.16. The van der Waals surface area contributed by atoms with Gasteiger partial charge in [-0.05, 0) is 31.4 Å². The summed E-state index contributed by atoms with van der Waals surface area (Å²) in [5.74, 6) is -4.65. The lowest BCUT2D eigenvalue weighted by Crippen LogP contribution is -2.56. The van der Waals surface area contributed by atoms with Gasteiger partial charge < -0.3 is 14.9 Å². The van der Waals surface area contributed by atoms with Gasteiger partial charge in [0.05, 0.1) is 11.5 Å². The number of carboxylic acid groups (broad SMARTS) is 1. The first-order valence-electron chi connectivity index (χ1n) is 10.5. The molecule has 1 amide bonds. The summed E-state index contributed by atoms with van der Waals surface area (Å²) >= 11 is 0. The minimum Gasteiger partial charge on any atom is -0.481 e. The van der Waals surface area contributed by atoms with Crippen molar-refractivity contribution in [1.29, 1.82) is 0 Å². The van der Waals surface area contributed by atoms with E-state index < -0.39 is 35.5 Å². The molecule has 1 saturated heterocycles. The topological polar surface area (TPSA) is 109 Å². The monoisotopic (exact) mass is 434 g/mol. The lowest BCUT2D eigenvalue weighted by atomic mass is 9.87. The predicted molar refractivity (Wildman–Crippen MR) is 105 cm³/mol. The number of carbonyl (C=O) groups is 2. The second-order valence-corrected chi connectivity index (χ2v) is 8.15. The van der Waals surface area contributed by atoms with Gasteiger partial charge in [0.15, 0.2) is 0 Å². The van der Waals surface area contributed by atoms with Gasteiger partial charge in [0.1, 0.15) is 11.6 Å². The van der Waals surface area contributed by atoms with Crippen LogP contribution in [0.25, 0.3) is 11.5 Å². The van der Waals surface area contributed by atoms with Gasteiger partial charge in [-0.15, -0.1) is 0 Å². The van der Waals surface area contributed by atoms with Crippen molar-refractivity contribution in [2.24, 2.45) is 5.92 Å². The Bertz CT molecular complexity index is 961. The summed E-state index contributed by atoms with van der Waals surface area (Å²) in [6.07, 6.45) is 6.20. The van der Waals surface area contributed by atoms with Crippen LogP contribution in [0.15, 0.2) is 22.7 Å². The molecule has 1 saturated carbocycles. The Morgan fingerprint density at radius 1 is 1.16 bits per heavy atom. The van der Waals surface area contributed by atoms with Gasteiger partial charge in [0.2, 0.25) is 0 Å². The molecule has 1 aliphatic carbocycles. The fourth-order valence-corrected chi connectivity index (χ4v) is 4.50. The number of piperidine rings is 1. The number of benzene rings is 1. The molecule has 2 fully saturated rings. The van der Waals surface area contributed by atoms with E-state index in [1.165, 1.54) is 6.42 Å². The molecule has 0 spiro atoms. The normalized spacial score (nSPS) is 22.9. The number of amides is 1. The zero-order valence-electron chi connectivity index (χ0n) is 16.9. The van der Waals surface area contributed by atoms with Crippen molar-refractivity contribution in [1.82, 2.24) is 20.4 Å². The molecule has 0 radical (unpaired) electrons. The molecule has 31 heavy (non-hydrogen) atoms. The third-order valence-corrected chi connectivity index (χ3v) is 6.16. The van der Waals surface area contributed by atoms with Crippen molar-refractivity contribution in [3.63, 3.8) is 0 Å². The molecule has 1 aliphatic heterocycles. The highest BCUT2D eigenvalue weighted by atomic mass is 19.1. The van der Waals surface area contributed by atoms with Crippen molar-refractivity contribution in [3.05, 3.63) is 35.7 Å². The molecule has 2 aliphatic rings. The zero-order valence-corrected chi connectivity index (χ0v) is 16.9. The van der Waals surface area contributed by atoms with Gasteiger partial charge >= 0.3 is 5.97 Å². The minimum absolute atomic E-state index is 0.128. The number of hydrogen-bond donors (Lipinski definition) is 2. The molecule has 8 nitrogen and oxygen atoms in total. The maximum Gasteiger partial charge on any atom is 0.309 e. The molecule has 0 bridgehead atoms. The van der Waals surface area contributed by atoms with Gasteiger partial charge in [-0.25, -0.2) is 8.78 Å². The van der Waals surface area contributed by atoms with Gasteiger partial charge in [0.25, 0.3) is 17.6 Å². The van der Waals surface area contributed by atoms with E-state index in [0.717, 1.165) is 37.8 Å². The number of rotatable bonds is 5. The Kier molecular flexibility index (Phi) is 6.26. The molecule has 1 aromatic heterocycles. The second kappa shape index (κ2) is 9.09. The molecular weight excluding hydrogens is 410 g/mol. The van der Waals surface area contributed by atoms with Crippen LogP contribution in [-0.4, -0.2) is 57.2 Å². The van der Waals surface area contributed by atoms with E-state index in [2.05, 4.69) is 20.4 Å². The van der Waals surface area contributed by atoms with Crippen LogP contribution in [-0.2, 0) is 4.79 Å². The number of aliphatic carboxylic acids is 1. The van der Waals surface area contributed by atoms with Crippen LogP contribution in [0.3, 0.4) is 0 Å². The molecule has 2 N–H and O–H groups in total. The number of likely N-dealkylation sites (tertiary alicyclic amines) is 1. The molecule has 4 rings (SSSR count). The van der Waals surface area contributed by atoms with Crippen LogP contribution in [0.2, 0.25) is 0 Å². The maximum absolute atomic E-state index is 13.9. The van der Waals surface area contributed by atoms with Crippen molar-refractivity contribution >= 4 is 11.9 Å². The summed E-state index contributed by atoms with van der Waals surface area (Å²) in [4.78, 5) is 30.6. The summed E-state index contributed by atoms with van der Waals surface area (Å²) in [6, 6.07) is 2.69. The van der Waals surface area contributed by atoms with Gasteiger partial charge in [-0.3, -0.25) is 14.5 Å².